The van der Waals surface area contributed by atoms with Crippen LogP contribution in [0.2, 0.25) is 0 Å². The van der Waals surface area contributed by atoms with Crippen LogP contribution in [0.4, 0.5) is 0 Å². The average Bonchev–Trinajstić information content (AvgIpc) is 2.80. The van der Waals surface area contributed by atoms with Crippen molar-refractivity contribution >= 4 is 54.3 Å². The standard InChI is InChI=1S/C10H20O11P2.C8H16O11P2/c1-2-3-4-21-6-10(9(13)14,23(18,19)20)5-7(8(11)12)22(15,16)17;1-19-3-2-8(7(11)12,21(16,17)18)4-5(6(9)10)20(13,14)15/h7H,2-6H2,1H3,(H,11,12)(H,13,14)(H2,15,16,17)(H2,18,19,20);5H,2-4H2,1H3,(H,9,10)(H,11,12)(H2,13,14,15)(H2,16,17,18). The number of aliphatic carboxylic acids is 4. The Hall–Kier alpha value is -1.60. The van der Waals surface area contributed by atoms with Gasteiger partial charge in [-0.1, -0.05) is 13.3 Å². The quantitative estimate of drug-likeness (QED) is 0.0521. The van der Waals surface area contributed by atoms with Crippen LogP contribution in [0.1, 0.15) is 39.0 Å². The molecule has 0 aromatic carbocycles. The van der Waals surface area contributed by atoms with Crippen molar-refractivity contribution in [3.63, 3.8) is 0 Å². The normalized spacial score (nSPS) is 16.8. The van der Waals surface area contributed by atoms with Crippen LogP contribution in [0.15, 0.2) is 0 Å². The lowest BCUT2D eigenvalue weighted by Gasteiger charge is -2.32. The van der Waals surface area contributed by atoms with E-state index in [4.69, 9.17) is 39.6 Å². The maximum atomic E-state index is 11.6. The Morgan fingerprint density at radius 2 is 1.02 bits per heavy atom. The fraction of sp³-hybridized carbons (Fsp3) is 0.778. The zero-order chi connectivity index (χ0) is 35.5. The minimum Gasteiger partial charge on any atom is -0.481 e. The third kappa shape index (κ3) is 12.7. The van der Waals surface area contributed by atoms with E-state index in [2.05, 4.69) is 4.74 Å². The topological polar surface area (TPSA) is 398 Å². The Morgan fingerprint density at radius 1 is 0.659 bits per heavy atom. The maximum absolute atomic E-state index is 11.6. The highest BCUT2D eigenvalue weighted by Crippen LogP contribution is 2.59. The molecule has 0 spiro atoms. The Morgan fingerprint density at radius 3 is 1.27 bits per heavy atom. The molecular weight excluding hydrogens is 692 g/mol. The average molecular weight is 728 g/mol. The van der Waals surface area contributed by atoms with Crippen LogP contribution in [0.25, 0.3) is 0 Å². The van der Waals surface area contributed by atoms with Gasteiger partial charge in [-0.05, 0) is 19.3 Å². The van der Waals surface area contributed by atoms with E-state index in [1.54, 1.807) is 6.92 Å². The van der Waals surface area contributed by atoms with E-state index in [0.717, 1.165) is 7.11 Å². The third-order valence-corrected chi connectivity index (χ3v) is 11.8. The van der Waals surface area contributed by atoms with Gasteiger partial charge in [0.25, 0.3) is 0 Å². The molecule has 0 heterocycles. The molecule has 0 aliphatic heterocycles. The fourth-order valence-corrected chi connectivity index (χ4v) is 7.26. The van der Waals surface area contributed by atoms with Crippen molar-refractivity contribution in [3.8, 4) is 0 Å². The van der Waals surface area contributed by atoms with Crippen LogP contribution in [0, 0.1) is 0 Å². The van der Waals surface area contributed by atoms with Gasteiger partial charge in [-0.2, -0.15) is 0 Å². The number of ether oxygens (including phenoxy) is 2. The predicted octanol–water partition coefficient (Wildman–Crippen LogP) is -1.13. The van der Waals surface area contributed by atoms with Crippen molar-refractivity contribution in [2.45, 2.75) is 60.7 Å². The number of hydrogen-bond acceptors (Lipinski definition) is 10. The SMILES string of the molecule is CCCCOCC(CC(C(=O)O)P(=O)(O)O)(C(=O)O)P(=O)(O)O.COCCC(CC(C(=O)O)P(=O)(O)O)(C(=O)O)P(=O)(O)O. The lowest BCUT2D eigenvalue weighted by molar-refractivity contribution is -0.145. The minimum absolute atomic E-state index is 0.0425. The molecule has 0 aromatic heterocycles. The second-order valence-corrected chi connectivity index (χ2v) is 16.7. The first kappa shape index (κ1) is 44.5. The summed E-state index contributed by atoms with van der Waals surface area (Å²) in [6, 6.07) is 0. The summed E-state index contributed by atoms with van der Waals surface area (Å²) in [5.74, 6) is -8.28. The summed E-state index contributed by atoms with van der Waals surface area (Å²) >= 11 is 0. The van der Waals surface area contributed by atoms with Gasteiger partial charge < -0.3 is 69.0 Å². The van der Waals surface area contributed by atoms with Gasteiger partial charge in [-0.3, -0.25) is 37.4 Å². The molecule has 0 bridgehead atoms. The van der Waals surface area contributed by atoms with E-state index in [1.807, 2.05) is 0 Å². The van der Waals surface area contributed by atoms with Gasteiger partial charge in [0.1, 0.15) is 0 Å². The molecule has 12 N–H and O–H groups in total. The zero-order valence-corrected chi connectivity index (χ0v) is 26.6. The number of methoxy groups -OCH3 is 1. The van der Waals surface area contributed by atoms with Crippen molar-refractivity contribution in [2.75, 3.05) is 26.9 Å². The summed E-state index contributed by atoms with van der Waals surface area (Å²) in [6.07, 6.45) is -2.62. The molecule has 0 saturated heterocycles. The molecule has 0 saturated carbocycles. The van der Waals surface area contributed by atoms with Gasteiger partial charge in [-0.15, -0.1) is 0 Å². The summed E-state index contributed by atoms with van der Waals surface area (Å²) in [5, 5.41) is 29.9. The van der Waals surface area contributed by atoms with Gasteiger partial charge in [0.15, 0.2) is 21.6 Å². The van der Waals surface area contributed by atoms with Crippen molar-refractivity contribution < 1.29 is 106 Å². The Balaban J connectivity index is 0. The van der Waals surface area contributed by atoms with Crippen LogP contribution in [-0.2, 0) is 46.9 Å². The largest absolute Gasteiger partial charge is 0.481 e. The van der Waals surface area contributed by atoms with E-state index in [-0.39, 0.29) is 6.61 Å². The highest BCUT2D eigenvalue weighted by Gasteiger charge is 2.59. The Kier molecular flexibility index (Phi) is 17.6. The maximum Gasteiger partial charge on any atom is 0.345 e. The predicted molar refractivity (Wildman–Crippen MR) is 143 cm³/mol. The number of rotatable bonds is 20. The summed E-state index contributed by atoms with van der Waals surface area (Å²) in [4.78, 5) is 118. The Labute approximate surface area is 248 Å². The van der Waals surface area contributed by atoms with E-state index < -0.39 is 108 Å². The van der Waals surface area contributed by atoms with Crippen LogP contribution in [-0.4, -0.2) is 132 Å². The molecule has 0 aliphatic rings. The summed E-state index contributed by atoms with van der Waals surface area (Å²) < 4.78 is 54.9. The Bertz CT molecular complexity index is 1200. The summed E-state index contributed by atoms with van der Waals surface area (Å²) in [7, 11) is -20.5. The van der Waals surface area contributed by atoms with Crippen molar-refractivity contribution in [3.05, 3.63) is 0 Å². The lowest BCUT2D eigenvalue weighted by atomic mass is 9.98. The smallest absolute Gasteiger partial charge is 0.345 e. The molecule has 260 valence electrons. The second kappa shape index (κ2) is 17.4. The monoisotopic (exact) mass is 728 g/mol. The van der Waals surface area contributed by atoms with Crippen LogP contribution < -0.4 is 0 Å². The van der Waals surface area contributed by atoms with E-state index >= 15 is 0 Å². The van der Waals surface area contributed by atoms with Gasteiger partial charge in [0.2, 0.25) is 0 Å². The molecule has 0 aliphatic carbocycles. The van der Waals surface area contributed by atoms with Gasteiger partial charge in [-0.25, -0.2) is 0 Å². The number of unbranched alkanes of at least 4 members (excludes halogenated alkanes) is 1. The van der Waals surface area contributed by atoms with Crippen molar-refractivity contribution in [1.29, 1.82) is 0 Å². The molecular formula is C18H36O22P4. The first-order valence-electron chi connectivity index (χ1n) is 11.8. The third-order valence-electron chi connectivity index (χ3n) is 6.06. The zero-order valence-electron chi connectivity index (χ0n) is 23.0. The molecule has 26 heteroatoms. The molecule has 22 nitrogen and oxygen atoms in total. The molecule has 0 amide bonds. The first-order valence-corrected chi connectivity index (χ1v) is 18.4. The van der Waals surface area contributed by atoms with E-state index in [1.165, 1.54) is 0 Å². The molecule has 0 rings (SSSR count). The fourth-order valence-electron chi connectivity index (χ4n) is 3.32. The van der Waals surface area contributed by atoms with Gasteiger partial charge >= 0.3 is 54.3 Å². The van der Waals surface area contributed by atoms with E-state index in [0.29, 0.717) is 12.8 Å². The summed E-state index contributed by atoms with van der Waals surface area (Å²) in [6.45, 7) is 0.214. The molecule has 44 heavy (non-hydrogen) atoms. The molecule has 4 unspecified atom stereocenters. The van der Waals surface area contributed by atoms with Crippen LogP contribution >= 0.6 is 30.4 Å². The first-order chi connectivity index (χ1) is 19.6. The molecule has 0 radical (unpaired) electrons. The molecule has 0 fully saturated rings. The van der Waals surface area contributed by atoms with E-state index in [9.17, 15) is 62.1 Å². The van der Waals surface area contributed by atoms with Gasteiger partial charge in [0.05, 0.1) is 6.61 Å². The number of carboxylic acid groups (broad SMARTS) is 4. The number of carbonyl (C=O) groups is 4. The lowest BCUT2D eigenvalue weighted by Crippen LogP contribution is -2.47. The number of hydrogen-bond donors (Lipinski definition) is 12. The van der Waals surface area contributed by atoms with Crippen molar-refractivity contribution in [2.24, 2.45) is 0 Å². The van der Waals surface area contributed by atoms with Crippen LogP contribution in [0.5, 0.6) is 0 Å². The van der Waals surface area contributed by atoms with Gasteiger partial charge in [0, 0.05) is 26.7 Å². The summed E-state index contributed by atoms with van der Waals surface area (Å²) in [5.41, 5.74) is -5.14. The highest BCUT2D eigenvalue weighted by molar-refractivity contribution is 7.56. The molecule has 0 aromatic rings. The number of carboxylic acids is 4. The highest BCUT2D eigenvalue weighted by atomic mass is 31.2. The second-order valence-electron chi connectivity index (χ2n) is 9.20. The minimum atomic E-state index is -5.51. The molecule has 4 atom stereocenters. The van der Waals surface area contributed by atoms with Crippen molar-refractivity contribution in [1.82, 2.24) is 0 Å². The van der Waals surface area contributed by atoms with Crippen LogP contribution in [0.3, 0.4) is 0 Å².